The molecule has 0 aromatic carbocycles. The molecule has 1 heterocycles. The first-order valence-electron chi connectivity index (χ1n) is 8.13. The van der Waals surface area contributed by atoms with Crippen LogP contribution in [0.3, 0.4) is 0 Å². The van der Waals surface area contributed by atoms with Crippen LogP contribution >= 0.6 is 11.3 Å². The molecule has 1 aromatic rings. The van der Waals surface area contributed by atoms with Gasteiger partial charge in [-0.05, 0) is 31.5 Å². The fourth-order valence-electron chi connectivity index (χ4n) is 2.49. The molecular weight excluding hydrogens is 250 g/mol. The second-order valence-corrected chi connectivity index (χ2v) is 6.52. The summed E-state index contributed by atoms with van der Waals surface area (Å²) in [6.45, 7) is 7.80. The maximum Gasteiger partial charge on any atom is 0.0414 e. The molecule has 0 aliphatic heterocycles. The van der Waals surface area contributed by atoms with Crippen molar-refractivity contribution in [2.45, 2.75) is 78.2 Å². The standard InChI is InChI=1S/C17H31NS/c1-4-7-8-9-10-11-12-16(18-6-3)17-14-13-15(5-2)19-17/h13-14,16,18H,4-12H2,1-3H3. The van der Waals surface area contributed by atoms with Gasteiger partial charge in [0, 0.05) is 15.8 Å². The van der Waals surface area contributed by atoms with E-state index < -0.39 is 0 Å². The lowest BCUT2D eigenvalue weighted by atomic mass is 10.0. The highest BCUT2D eigenvalue weighted by atomic mass is 32.1. The third kappa shape index (κ3) is 6.58. The molecule has 1 N–H and O–H groups in total. The number of thiophene rings is 1. The molecular formula is C17H31NS. The largest absolute Gasteiger partial charge is 0.310 e. The molecule has 1 atom stereocenters. The van der Waals surface area contributed by atoms with Gasteiger partial charge in [0.2, 0.25) is 0 Å². The van der Waals surface area contributed by atoms with Crippen molar-refractivity contribution in [2.24, 2.45) is 0 Å². The van der Waals surface area contributed by atoms with E-state index in [1.807, 2.05) is 11.3 Å². The Bertz CT molecular complexity index is 319. The molecule has 1 nitrogen and oxygen atoms in total. The number of nitrogens with one attached hydrogen (secondary N) is 1. The predicted molar refractivity (Wildman–Crippen MR) is 88.1 cm³/mol. The van der Waals surface area contributed by atoms with E-state index in [1.165, 1.54) is 61.1 Å². The fourth-order valence-corrected chi connectivity index (χ4v) is 3.55. The lowest BCUT2D eigenvalue weighted by Gasteiger charge is -2.16. The average Bonchev–Trinajstić information content (AvgIpc) is 2.90. The summed E-state index contributed by atoms with van der Waals surface area (Å²) in [7, 11) is 0. The van der Waals surface area contributed by atoms with Gasteiger partial charge in [-0.1, -0.05) is 59.3 Å². The van der Waals surface area contributed by atoms with Gasteiger partial charge in [-0.2, -0.15) is 0 Å². The van der Waals surface area contributed by atoms with Crippen LogP contribution in [-0.4, -0.2) is 6.54 Å². The van der Waals surface area contributed by atoms with E-state index in [1.54, 1.807) is 0 Å². The van der Waals surface area contributed by atoms with E-state index in [0.717, 1.165) is 6.54 Å². The zero-order valence-electron chi connectivity index (χ0n) is 13.0. The number of hydrogen-bond donors (Lipinski definition) is 1. The second-order valence-electron chi connectivity index (χ2n) is 5.32. The first-order valence-corrected chi connectivity index (χ1v) is 8.95. The molecule has 1 rings (SSSR count). The Morgan fingerprint density at radius 1 is 1.00 bits per heavy atom. The third-order valence-corrected chi connectivity index (χ3v) is 5.01. The van der Waals surface area contributed by atoms with E-state index >= 15 is 0 Å². The molecule has 0 saturated carbocycles. The van der Waals surface area contributed by atoms with Gasteiger partial charge in [0.15, 0.2) is 0 Å². The quantitative estimate of drug-likeness (QED) is 0.512. The molecule has 1 unspecified atom stereocenters. The zero-order chi connectivity index (χ0) is 13.9. The molecule has 19 heavy (non-hydrogen) atoms. The molecule has 0 spiro atoms. The van der Waals surface area contributed by atoms with Gasteiger partial charge in [-0.15, -0.1) is 11.3 Å². The Morgan fingerprint density at radius 2 is 1.74 bits per heavy atom. The van der Waals surface area contributed by atoms with Crippen LogP contribution in [0.25, 0.3) is 0 Å². The van der Waals surface area contributed by atoms with Crippen molar-refractivity contribution in [1.29, 1.82) is 0 Å². The first-order chi connectivity index (χ1) is 9.31. The lowest BCUT2D eigenvalue weighted by molar-refractivity contribution is 0.482. The van der Waals surface area contributed by atoms with Crippen LogP contribution in [0.2, 0.25) is 0 Å². The van der Waals surface area contributed by atoms with Crippen LogP contribution in [0.15, 0.2) is 12.1 Å². The van der Waals surface area contributed by atoms with Crippen molar-refractivity contribution in [3.05, 3.63) is 21.9 Å². The van der Waals surface area contributed by atoms with Gasteiger partial charge in [0.1, 0.15) is 0 Å². The van der Waals surface area contributed by atoms with E-state index in [0.29, 0.717) is 6.04 Å². The van der Waals surface area contributed by atoms with Crippen LogP contribution in [0, 0.1) is 0 Å². The van der Waals surface area contributed by atoms with Gasteiger partial charge in [0.05, 0.1) is 0 Å². The number of rotatable bonds is 11. The van der Waals surface area contributed by atoms with Crippen molar-refractivity contribution >= 4 is 11.3 Å². The summed E-state index contributed by atoms with van der Waals surface area (Å²) in [4.78, 5) is 3.05. The Kier molecular flexibility index (Phi) is 9.19. The highest BCUT2D eigenvalue weighted by Crippen LogP contribution is 2.27. The number of hydrogen-bond acceptors (Lipinski definition) is 2. The molecule has 0 fully saturated rings. The minimum Gasteiger partial charge on any atom is -0.310 e. The van der Waals surface area contributed by atoms with Crippen molar-refractivity contribution in [1.82, 2.24) is 5.32 Å². The monoisotopic (exact) mass is 281 g/mol. The smallest absolute Gasteiger partial charge is 0.0414 e. The molecule has 0 aliphatic rings. The van der Waals surface area contributed by atoms with Gasteiger partial charge in [0.25, 0.3) is 0 Å². The summed E-state index contributed by atoms with van der Waals surface area (Å²) >= 11 is 1.99. The number of aryl methyl sites for hydroxylation is 1. The molecule has 0 saturated heterocycles. The van der Waals surface area contributed by atoms with Crippen LogP contribution in [-0.2, 0) is 6.42 Å². The normalized spacial score (nSPS) is 12.8. The maximum absolute atomic E-state index is 3.65. The van der Waals surface area contributed by atoms with Crippen molar-refractivity contribution < 1.29 is 0 Å². The average molecular weight is 282 g/mol. The Morgan fingerprint density at radius 3 is 2.37 bits per heavy atom. The second kappa shape index (κ2) is 10.4. The van der Waals surface area contributed by atoms with Crippen LogP contribution < -0.4 is 5.32 Å². The Hall–Kier alpha value is -0.340. The summed E-state index contributed by atoms with van der Waals surface area (Å²) in [6.07, 6.45) is 10.8. The highest BCUT2D eigenvalue weighted by Gasteiger charge is 2.12. The van der Waals surface area contributed by atoms with Crippen molar-refractivity contribution in [3.63, 3.8) is 0 Å². The molecule has 2 heteroatoms. The summed E-state index contributed by atoms with van der Waals surface area (Å²) in [6, 6.07) is 5.21. The molecule has 1 aromatic heterocycles. The molecule has 0 bridgehead atoms. The van der Waals surface area contributed by atoms with Gasteiger partial charge < -0.3 is 5.32 Å². The number of unbranched alkanes of at least 4 members (excludes halogenated alkanes) is 5. The van der Waals surface area contributed by atoms with Crippen LogP contribution in [0.1, 0.15) is 81.5 Å². The fraction of sp³-hybridized carbons (Fsp3) is 0.765. The zero-order valence-corrected chi connectivity index (χ0v) is 13.8. The topological polar surface area (TPSA) is 12.0 Å². The lowest BCUT2D eigenvalue weighted by Crippen LogP contribution is -2.19. The predicted octanol–water partition coefficient (Wildman–Crippen LogP) is 5.71. The van der Waals surface area contributed by atoms with Crippen molar-refractivity contribution in [3.8, 4) is 0 Å². The molecule has 0 amide bonds. The maximum atomic E-state index is 3.65. The Labute approximate surface area is 123 Å². The first kappa shape index (κ1) is 16.7. The van der Waals surface area contributed by atoms with Crippen LogP contribution in [0.4, 0.5) is 0 Å². The van der Waals surface area contributed by atoms with Crippen molar-refractivity contribution in [2.75, 3.05) is 6.54 Å². The van der Waals surface area contributed by atoms with E-state index in [-0.39, 0.29) is 0 Å². The van der Waals surface area contributed by atoms with Gasteiger partial charge in [-0.25, -0.2) is 0 Å². The van der Waals surface area contributed by atoms with Gasteiger partial charge in [-0.3, -0.25) is 0 Å². The summed E-state index contributed by atoms with van der Waals surface area (Å²) in [5, 5.41) is 3.65. The molecule has 0 aliphatic carbocycles. The third-order valence-electron chi connectivity index (χ3n) is 3.67. The minimum absolute atomic E-state index is 0.585. The highest BCUT2D eigenvalue weighted by molar-refractivity contribution is 7.12. The minimum atomic E-state index is 0.585. The SMILES string of the molecule is CCCCCCCCC(NCC)c1ccc(CC)s1. The Balaban J connectivity index is 2.31. The summed E-state index contributed by atoms with van der Waals surface area (Å²) in [5.41, 5.74) is 0. The molecule has 110 valence electrons. The van der Waals surface area contributed by atoms with Gasteiger partial charge >= 0.3 is 0 Å². The van der Waals surface area contributed by atoms with Crippen LogP contribution in [0.5, 0.6) is 0 Å². The summed E-state index contributed by atoms with van der Waals surface area (Å²) < 4.78 is 0. The van der Waals surface area contributed by atoms with E-state index in [4.69, 9.17) is 0 Å². The summed E-state index contributed by atoms with van der Waals surface area (Å²) in [5.74, 6) is 0. The molecule has 0 radical (unpaired) electrons. The van der Waals surface area contributed by atoms with E-state index in [9.17, 15) is 0 Å². The van der Waals surface area contributed by atoms with E-state index in [2.05, 4.69) is 38.2 Å².